The standard InChI is InChI=1S/C17H19N3O4/c1-11-7-17(20-24-11)23-10-16(21)18-6-5-12-9-19-15-4-3-13(22-2)8-14(12)15/h3-4,7-9,19H,5-6,10H2,1-2H3,(H,18,21). The Balaban J connectivity index is 1.50. The van der Waals surface area contributed by atoms with E-state index in [0.717, 1.165) is 22.2 Å². The molecule has 7 heteroatoms. The van der Waals surface area contributed by atoms with Gasteiger partial charge < -0.3 is 24.3 Å². The number of amides is 1. The number of aromatic nitrogens is 2. The summed E-state index contributed by atoms with van der Waals surface area (Å²) in [5.74, 6) is 1.56. The van der Waals surface area contributed by atoms with Gasteiger partial charge in [-0.05, 0) is 42.3 Å². The highest BCUT2D eigenvalue weighted by Crippen LogP contribution is 2.23. The average molecular weight is 329 g/mol. The molecule has 0 saturated carbocycles. The van der Waals surface area contributed by atoms with Crippen molar-refractivity contribution in [2.75, 3.05) is 20.3 Å². The van der Waals surface area contributed by atoms with Gasteiger partial charge in [-0.2, -0.15) is 0 Å². The van der Waals surface area contributed by atoms with E-state index in [1.54, 1.807) is 20.1 Å². The largest absolute Gasteiger partial charge is 0.497 e. The molecule has 126 valence electrons. The lowest BCUT2D eigenvalue weighted by molar-refractivity contribution is -0.123. The van der Waals surface area contributed by atoms with E-state index in [1.807, 2.05) is 24.4 Å². The van der Waals surface area contributed by atoms with Crippen molar-refractivity contribution < 1.29 is 18.8 Å². The van der Waals surface area contributed by atoms with E-state index in [4.69, 9.17) is 14.0 Å². The topological polar surface area (TPSA) is 89.4 Å². The Kier molecular flexibility index (Phi) is 4.69. The zero-order valence-electron chi connectivity index (χ0n) is 13.6. The summed E-state index contributed by atoms with van der Waals surface area (Å²) < 4.78 is 15.4. The van der Waals surface area contributed by atoms with E-state index in [-0.39, 0.29) is 12.5 Å². The van der Waals surface area contributed by atoms with E-state index >= 15 is 0 Å². The van der Waals surface area contributed by atoms with Crippen LogP contribution in [0.1, 0.15) is 11.3 Å². The first-order chi connectivity index (χ1) is 11.7. The minimum absolute atomic E-state index is 0.0896. The quantitative estimate of drug-likeness (QED) is 0.694. The summed E-state index contributed by atoms with van der Waals surface area (Å²) >= 11 is 0. The Morgan fingerprint density at radius 3 is 3.00 bits per heavy atom. The number of fused-ring (bicyclic) bond motifs is 1. The molecule has 0 aliphatic rings. The third-order valence-corrected chi connectivity index (χ3v) is 3.65. The molecular weight excluding hydrogens is 310 g/mol. The third-order valence-electron chi connectivity index (χ3n) is 3.65. The molecule has 7 nitrogen and oxygen atoms in total. The van der Waals surface area contributed by atoms with Crippen LogP contribution in [0.4, 0.5) is 0 Å². The fourth-order valence-electron chi connectivity index (χ4n) is 2.43. The number of hydrogen-bond donors (Lipinski definition) is 2. The van der Waals surface area contributed by atoms with E-state index in [0.29, 0.717) is 24.6 Å². The van der Waals surface area contributed by atoms with Gasteiger partial charge in [0.05, 0.1) is 7.11 Å². The third kappa shape index (κ3) is 3.68. The number of aromatic amines is 1. The maximum atomic E-state index is 11.8. The Morgan fingerprint density at radius 2 is 2.25 bits per heavy atom. The van der Waals surface area contributed by atoms with Crippen LogP contribution in [-0.4, -0.2) is 36.3 Å². The molecule has 0 atom stereocenters. The lowest BCUT2D eigenvalue weighted by atomic mass is 10.1. The summed E-state index contributed by atoms with van der Waals surface area (Å²) in [5.41, 5.74) is 2.17. The Hall–Kier alpha value is -2.96. The molecule has 0 unspecified atom stereocenters. The number of nitrogens with zero attached hydrogens (tertiary/aromatic N) is 1. The molecule has 3 rings (SSSR count). The van der Waals surface area contributed by atoms with Crippen LogP contribution in [0, 0.1) is 6.92 Å². The van der Waals surface area contributed by atoms with Gasteiger partial charge in [-0.15, -0.1) is 0 Å². The zero-order valence-corrected chi connectivity index (χ0v) is 13.6. The molecular formula is C17H19N3O4. The molecule has 1 amide bonds. The van der Waals surface area contributed by atoms with Crippen molar-refractivity contribution in [2.45, 2.75) is 13.3 Å². The number of methoxy groups -OCH3 is 1. The zero-order chi connectivity index (χ0) is 16.9. The van der Waals surface area contributed by atoms with Crippen LogP contribution in [0.25, 0.3) is 10.9 Å². The van der Waals surface area contributed by atoms with Gasteiger partial charge in [0.15, 0.2) is 6.61 Å². The number of carbonyl (C=O) groups is 1. The van der Waals surface area contributed by atoms with Gasteiger partial charge in [0.1, 0.15) is 11.5 Å². The summed E-state index contributed by atoms with van der Waals surface area (Å²) in [7, 11) is 1.64. The molecule has 1 aromatic carbocycles. The fourth-order valence-corrected chi connectivity index (χ4v) is 2.43. The van der Waals surface area contributed by atoms with Crippen LogP contribution in [0.5, 0.6) is 11.6 Å². The van der Waals surface area contributed by atoms with Crippen molar-refractivity contribution in [3.63, 3.8) is 0 Å². The maximum absolute atomic E-state index is 11.8. The van der Waals surface area contributed by atoms with E-state index < -0.39 is 0 Å². The lowest BCUT2D eigenvalue weighted by Crippen LogP contribution is -2.30. The molecule has 0 saturated heterocycles. The van der Waals surface area contributed by atoms with Gasteiger partial charge in [-0.25, -0.2) is 0 Å². The van der Waals surface area contributed by atoms with Crippen LogP contribution in [-0.2, 0) is 11.2 Å². The number of benzene rings is 1. The molecule has 3 aromatic rings. The molecule has 2 N–H and O–H groups in total. The van der Waals surface area contributed by atoms with Crippen molar-refractivity contribution in [2.24, 2.45) is 0 Å². The van der Waals surface area contributed by atoms with Crippen molar-refractivity contribution in [1.82, 2.24) is 15.5 Å². The summed E-state index contributed by atoms with van der Waals surface area (Å²) in [6.07, 6.45) is 2.66. The molecule has 0 aliphatic carbocycles. The van der Waals surface area contributed by atoms with Gasteiger partial charge in [-0.3, -0.25) is 4.79 Å². The number of H-pyrrole nitrogens is 1. The number of ether oxygens (including phenoxy) is 2. The molecule has 0 bridgehead atoms. The lowest BCUT2D eigenvalue weighted by Gasteiger charge is -2.05. The van der Waals surface area contributed by atoms with Gasteiger partial charge in [0.2, 0.25) is 0 Å². The van der Waals surface area contributed by atoms with E-state index in [2.05, 4.69) is 15.5 Å². The second kappa shape index (κ2) is 7.08. The number of nitrogens with one attached hydrogen (secondary N) is 2. The molecule has 2 heterocycles. The first kappa shape index (κ1) is 15.9. The van der Waals surface area contributed by atoms with Gasteiger partial charge in [0, 0.05) is 29.7 Å². The van der Waals surface area contributed by atoms with Gasteiger partial charge >= 0.3 is 0 Å². The number of aryl methyl sites for hydroxylation is 1. The first-order valence-corrected chi connectivity index (χ1v) is 7.62. The maximum Gasteiger partial charge on any atom is 0.258 e. The minimum atomic E-state index is -0.201. The summed E-state index contributed by atoms with van der Waals surface area (Å²) in [6, 6.07) is 7.50. The van der Waals surface area contributed by atoms with E-state index in [9.17, 15) is 4.79 Å². The highest BCUT2D eigenvalue weighted by atomic mass is 16.5. The van der Waals surface area contributed by atoms with Crippen molar-refractivity contribution in [1.29, 1.82) is 0 Å². The summed E-state index contributed by atoms with van der Waals surface area (Å²) in [5, 5.41) is 7.59. The second-order valence-corrected chi connectivity index (χ2v) is 5.39. The summed E-state index contributed by atoms with van der Waals surface area (Å²) in [6.45, 7) is 2.19. The molecule has 0 spiro atoms. The minimum Gasteiger partial charge on any atom is -0.497 e. The SMILES string of the molecule is COc1ccc2[nH]cc(CCNC(=O)COc3cc(C)on3)c2c1. The number of carbonyl (C=O) groups excluding carboxylic acids is 1. The average Bonchev–Trinajstić information content (AvgIpc) is 3.19. The van der Waals surface area contributed by atoms with Crippen LogP contribution < -0.4 is 14.8 Å². The van der Waals surface area contributed by atoms with Crippen LogP contribution >= 0.6 is 0 Å². The highest BCUT2D eigenvalue weighted by molar-refractivity contribution is 5.84. The molecule has 24 heavy (non-hydrogen) atoms. The summed E-state index contributed by atoms with van der Waals surface area (Å²) in [4.78, 5) is 15.0. The van der Waals surface area contributed by atoms with E-state index in [1.165, 1.54) is 0 Å². The Morgan fingerprint density at radius 1 is 1.38 bits per heavy atom. The molecule has 0 fully saturated rings. The van der Waals surface area contributed by atoms with Gasteiger partial charge in [-0.1, -0.05) is 0 Å². The predicted molar refractivity (Wildman–Crippen MR) is 88.3 cm³/mol. The molecule has 0 radical (unpaired) electrons. The van der Waals surface area contributed by atoms with Crippen molar-refractivity contribution >= 4 is 16.8 Å². The second-order valence-electron chi connectivity index (χ2n) is 5.39. The number of rotatable bonds is 7. The normalized spacial score (nSPS) is 10.8. The Bertz CT molecular complexity index is 837. The Labute approximate surface area is 138 Å². The smallest absolute Gasteiger partial charge is 0.258 e. The van der Waals surface area contributed by atoms with Gasteiger partial charge in [0.25, 0.3) is 11.8 Å². The van der Waals surface area contributed by atoms with Crippen LogP contribution in [0.15, 0.2) is 35.0 Å². The monoisotopic (exact) mass is 329 g/mol. The highest BCUT2D eigenvalue weighted by Gasteiger charge is 2.08. The van der Waals surface area contributed by atoms with Crippen molar-refractivity contribution in [3.05, 3.63) is 41.8 Å². The first-order valence-electron chi connectivity index (χ1n) is 7.62. The van der Waals surface area contributed by atoms with Crippen LogP contribution in [0.3, 0.4) is 0 Å². The molecule has 0 aliphatic heterocycles. The number of hydrogen-bond acceptors (Lipinski definition) is 5. The molecule has 2 aromatic heterocycles. The predicted octanol–water partition coefficient (Wildman–Crippen LogP) is 2.21. The van der Waals surface area contributed by atoms with Crippen LogP contribution in [0.2, 0.25) is 0 Å². The fraction of sp³-hybridized carbons (Fsp3) is 0.294. The van der Waals surface area contributed by atoms with Crippen molar-refractivity contribution in [3.8, 4) is 11.6 Å².